The lowest BCUT2D eigenvalue weighted by molar-refractivity contribution is -0.00000871. The van der Waals surface area contributed by atoms with Crippen LogP contribution in [-0.4, -0.2) is 18.2 Å². The lowest BCUT2D eigenvalue weighted by atomic mass is 9.92. The van der Waals surface area contributed by atoms with E-state index in [9.17, 15) is 0 Å². The Labute approximate surface area is 276 Å². The van der Waals surface area contributed by atoms with Crippen LogP contribution in [0.25, 0.3) is 38.5 Å². The summed E-state index contributed by atoms with van der Waals surface area (Å²) in [5.74, 6) is 0. The van der Waals surface area contributed by atoms with Crippen LogP contribution in [0.1, 0.15) is 25.0 Å². The fraction of sp³-hybridized carbons (Fsp3) is 0.119. The van der Waals surface area contributed by atoms with Gasteiger partial charge in [0.15, 0.2) is 0 Å². The number of aryl methyl sites for hydroxylation is 1. The van der Waals surface area contributed by atoms with Gasteiger partial charge in [-0.1, -0.05) is 66.7 Å². The number of anilines is 2. The molecule has 1 aromatic heterocycles. The Morgan fingerprint density at radius 2 is 1.28 bits per heavy atom. The minimum Gasteiger partial charge on any atom is -1.00 e. The highest BCUT2D eigenvalue weighted by Gasteiger charge is 2.26. The summed E-state index contributed by atoms with van der Waals surface area (Å²) in [6, 6.07) is 51.2. The number of para-hydroxylation sites is 3. The standard InChI is InChI=1S/C42H36N3.ClH/c1-4-44-38-17-11-9-15-34(38)36-27-30(21-25-40(36)44)42(29-19-23-33(24-20-29)43(3)32-13-7-6-8-14-32)31-22-26-41-37(28-31)35-16-10-12-18-39(35)45(41)5-2;/h6-28H,4-5H2,1-3H3;1H/q+1;/p-1. The maximum Gasteiger partial charge on any atom is 0.213 e. The predicted octanol–water partition coefficient (Wildman–Crippen LogP) is 5.66. The maximum absolute atomic E-state index is 2.42. The molecule has 1 aliphatic heterocycles. The normalized spacial score (nSPS) is 12.5. The molecule has 1 aliphatic rings. The number of halogens is 1. The van der Waals surface area contributed by atoms with Gasteiger partial charge in [0, 0.05) is 58.9 Å². The fourth-order valence-corrected chi connectivity index (χ4v) is 7.25. The lowest BCUT2D eigenvalue weighted by Crippen LogP contribution is -3.00. The van der Waals surface area contributed by atoms with E-state index in [-0.39, 0.29) is 12.4 Å². The van der Waals surface area contributed by atoms with Crippen molar-refractivity contribution in [3.05, 3.63) is 161 Å². The van der Waals surface area contributed by atoms with Gasteiger partial charge < -0.3 is 21.9 Å². The molecule has 0 radical (unpaired) electrons. The highest BCUT2D eigenvalue weighted by molar-refractivity contribution is 6.09. The van der Waals surface area contributed by atoms with Gasteiger partial charge in [-0.05, 0) is 96.4 Å². The second kappa shape index (κ2) is 12.0. The van der Waals surface area contributed by atoms with Crippen molar-refractivity contribution in [2.75, 3.05) is 18.5 Å². The molecule has 0 fully saturated rings. The number of hydrogen-bond donors (Lipinski definition) is 0. The first kappa shape index (κ1) is 29.6. The van der Waals surface area contributed by atoms with Gasteiger partial charge >= 0.3 is 0 Å². The molecule has 0 atom stereocenters. The summed E-state index contributed by atoms with van der Waals surface area (Å²) in [6.07, 6.45) is 0. The molecular weight excluding hydrogens is 582 g/mol. The molecule has 0 unspecified atom stereocenters. The summed E-state index contributed by atoms with van der Waals surface area (Å²) in [5, 5.41) is 5.11. The average molecular weight is 618 g/mol. The molecule has 0 N–H and O–H groups in total. The Kier molecular flexibility index (Phi) is 7.72. The third kappa shape index (κ3) is 4.71. The van der Waals surface area contributed by atoms with Gasteiger partial charge in [-0.3, -0.25) is 0 Å². The first-order valence-corrected chi connectivity index (χ1v) is 15.9. The molecule has 3 nitrogen and oxygen atoms in total. The van der Waals surface area contributed by atoms with Gasteiger partial charge in [-0.2, -0.15) is 4.58 Å². The van der Waals surface area contributed by atoms with Crippen molar-refractivity contribution in [3.63, 3.8) is 0 Å². The summed E-state index contributed by atoms with van der Waals surface area (Å²) in [4.78, 5) is 2.24. The number of benzene rings is 6. The number of nitrogens with zero attached hydrogens (tertiary/aromatic N) is 3. The van der Waals surface area contributed by atoms with Crippen LogP contribution in [0.15, 0.2) is 140 Å². The summed E-state index contributed by atoms with van der Waals surface area (Å²) < 4.78 is 4.85. The summed E-state index contributed by atoms with van der Waals surface area (Å²) in [6.45, 7) is 6.34. The van der Waals surface area contributed by atoms with E-state index in [0.29, 0.717) is 0 Å². The third-order valence-corrected chi connectivity index (χ3v) is 9.44. The summed E-state index contributed by atoms with van der Waals surface area (Å²) in [5.41, 5.74) is 12.5. The van der Waals surface area contributed by atoms with Crippen molar-refractivity contribution in [2.24, 2.45) is 0 Å². The minimum atomic E-state index is 0. The van der Waals surface area contributed by atoms with E-state index in [1.165, 1.54) is 71.6 Å². The maximum atomic E-state index is 2.42. The molecule has 0 saturated heterocycles. The largest absolute Gasteiger partial charge is 1.00 e. The molecule has 7 aromatic rings. The van der Waals surface area contributed by atoms with E-state index in [2.05, 4.69) is 174 Å². The fourth-order valence-electron chi connectivity index (χ4n) is 7.25. The summed E-state index contributed by atoms with van der Waals surface area (Å²) in [7, 11) is 2.13. The van der Waals surface area contributed by atoms with Crippen molar-refractivity contribution >= 4 is 44.4 Å². The molecule has 0 aliphatic carbocycles. The molecule has 0 saturated carbocycles. The Bertz CT molecular complexity index is 2350. The topological polar surface area (TPSA) is 11.2 Å². The zero-order chi connectivity index (χ0) is 30.5. The Hall–Kier alpha value is -5.12. The van der Waals surface area contributed by atoms with Crippen LogP contribution in [-0.2, 0) is 6.54 Å². The second-order valence-electron chi connectivity index (χ2n) is 11.8. The van der Waals surface area contributed by atoms with Crippen LogP contribution in [0.4, 0.5) is 17.1 Å². The summed E-state index contributed by atoms with van der Waals surface area (Å²) >= 11 is 0. The van der Waals surface area contributed by atoms with E-state index < -0.39 is 0 Å². The van der Waals surface area contributed by atoms with Gasteiger partial charge in [0.1, 0.15) is 6.54 Å². The van der Waals surface area contributed by atoms with Crippen LogP contribution in [0, 0.1) is 0 Å². The van der Waals surface area contributed by atoms with Crippen LogP contribution in [0.5, 0.6) is 0 Å². The van der Waals surface area contributed by atoms with Crippen molar-refractivity contribution in [1.29, 1.82) is 0 Å². The molecule has 4 heteroatoms. The number of rotatable bonds is 6. The molecule has 2 heterocycles. The van der Waals surface area contributed by atoms with E-state index in [1.807, 2.05) is 0 Å². The van der Waals surface area contributed by atoms with Gasteiger partial charge in [0.2, 0.25) is 11.0 Å². The van der Waals surface area contributed by atoms with Gasteiger partial charge in [0.05, 0.1) is 11.1 Å². The Morgan fingerprint density at radius 1 is 0.609 bits per heavy atom. The monoisotopic (exact) mass is 617 g/mol. The van der Waals surface area contributed by atoms with E-state index >= 15 is 0 Å². The Morgan fingerprint density at radius 3 is 2.07 bits per heavy atom. The molecule has 226 valence electrons. The number of fused-ring (bicyclic) bond motifs is 6. The first-order valence-electron chi connectivity index (χ1n) is 15.9. The van der Waals surface area contributed by atoms with Crippen molar-refractivity contribution in [2.45, 2.75) is 20.4 Å². The van der Waals surface area contributed by atoms with Crippen LogP contribution in [0.2, 0.25) is 0 Å². The third-order valence-electron chi connectivity index (χ3n) is 9.44. The van der Waals surface area contributed by atoms with Gasteiger partial charge in [0.25, 0.3) is 0 Å². The van der Waals surface area contributed by atoms with Crippen molar-refractivity contribution in [3.8, 4) is 11.1 Å². The molecule has 0 amide bonds. The lowest BCUT2D eigenvalue weighted by Gasteiger charge is -2.20. The first-order chi connectivity index (χ1) is 22.2. The zero-order valence-corrected chi connectivity index (χ0v) is 27.2. The molecule has 0 bridgehead atoms. The minimum absolute atomic E-state index is 0. The van der Waals surface area contributed by atoms with Gasteiger partial charge in [-0.15, -0.1) is 0 Å². The van der Waals surface area contributed by atoms with Crippen LogP contribution < -0.4 is 32.5 Å². The van der Waals surface area contributed by atoms with Crippen molar-refractivity contribution < 1.29 is 12.4 Å². The van der Waals surface area contributed by atoms with Crippen LogP contribution in [0.3, 0.4) is 0 Å². The van der Waals surface area contributed by atoms with E-state index in [4.69, 9.17) is 0 Å². The number of aromatic nitrogens is 1. The molecule has 46 heavy (non-hydrogen) atoms. The van der Waals surface area contributed by atoms with Gasteiger partial charge in [-0.25, -0.2) is 0 Å². The van der Waals surface area contributed by atoms with E-state index in [0.717, 1.165) is 18.8 Å². The SMILES string of the molecule is CCn1c2ccccc2c2cc(C(c3ccc(N(C)c4ccccc4)cc3)=c3ccc4c(c3)-c3ccccc3[N+]=4CC)ccc21.[Cl-]. The highest BCUT2D eigenvalue weighted by atomic mass is 35.5. The molecule has 8 rings (SSSR count). The molecule has 6 aromatic carbocycles. The molecular formula is C42H36ClN3. The quantitative estimate of drug-likeness (QED) is 0.219. The van der Waals surface area contributed by atoms with E-state index in [1.54, 1.807) is 0 Å². The predicted molar refractivity (Wildman–Crippen MR) is 190 cm³/mol. The smallest absolute Gasteiger partial charge is 0.213 e. The second-order valence-corrected chi connectivity index (χ2v) is 11.8. The highest BCUT2D eigenvalue weighted by Crippen LogP contribution is 2.34. The van der Waals surface area contributed by atoms with Crippen LogP contribution >= 0.6 is 0 Å². The van der Waals surface area contributed by atoms with Crippen molar-refractivity contribution in [1.82, 2.24) is 9.14 Å². The molecule has 0 spiro atoms. The number of hydrogen-bond acceptors (Lipinski definition) is 1. The zero-order valence-electron chi connectivity index (χ0n) is 26.4. The Balaban J connectivity index is 0.00000338. The average Bonchev–Trinajstić information content (AvgIpc) is 3.60.